The lowest BCUT2D eigenvalue weighted by atomic mass is 9.89. The average Bonchev–Trinajstić information content (AvgIpc) is 3.25. The van der Waals surface area contributed by atoms with Crippen LogP contribution < -0.4 is 0 Å². The van der Waals surface area contributed by atoms with Gasteiger partial charge in [0.1, 0.15) is 15.3 Å². The Morgan fingerprint density at radius 3 is 2.08 bits per heavy atom. The first-order chi connectivity index (χ1) is 17.6. The first-order valence-corrected chi connectivity index (χ1v) is 13.8. The maximum Gasteiger partial charge on any atom is 0.143 e. The van der Waals surface area contributed by atoms with Crippen molar-refractivity contribution in [2.75, 3.05) is 0 Å². The molecule has 0 aliphatic carbocycles. The highest BCUT2D eigenvalue weighted by Crippen LogP contribution is 2.39. The second-order valence-corrected chi connectivity index (χ2v) is 11.9. The molecule has 1 atom stereocenters. The summed E-state index contributed by atoms with van der Waals surface area (Å²) in [4.78, 5) is 0. The van der Waals surface area contributed by atoms with Gasteiger partial charge in [0.05, 0.1) is 11.2 Å². The van der Waals surface area contributed by atoms with Gasteiger partial charge in [0.2, 0.25) is 0 Å². The standard InChI is InChI=1S/C33H29IO3/c1-32(2,35)33(3,4)37-31(34)21-11-9-20(10-12-21)24-14-16-29-28(19-24)26-15-13-25-17-22-7-5-6-8-23(22)18-27(25)30(26)36-29/h5-19,31,35H,1-4H3/t31-/m0/s1. The number of ether oxygens (including phenoxy) is 1. The van der Waals surface area contributed by atoms with Gasteiger partial charge in [-0.2, -0.15) is 0 Å². The van der Waals surface area contributed by atoms with Gasteiger partial charge in [-0.05, 0) is 113 Å². The number of hydrogen-bond acceptors (Lipinski definition) is 3. The normalized spacial score (nSPS) is 13.7. The molecular formula is C33H29IO3. The molecule has 37 heavy (non-hydrogen) atoms. The van der Waals surface area contributed by atoms with E-state index in [0.717, 1.165) is 44.0 Å². The van der Waals surface area contributed by atoms with Crippen LogP contribution >= 0.6 is 22.6 Å². The summed E-state index contributed by atoms with van der Waals surface area (Å²) >= 11 is 2.29. The summed E-state index contributed by atoms with van der Waals surface area (Å²) in [6.45, 7) is 7.40. The fourth-order valence-electron chi connectivity index (χ4n) is 4.73. The van der Waals surface area contributed by atoms with E-state index in [1.54, 1.807) is 13.8 Å². The second-order valence-electron chi connectivity index (χ2n) is 10.8. The monoisotopic (exact) mass is 600 g/mol. The van der Waals surface area contributed by atoms with Crippen molar-refractivity contribution in [2.24, 2.45) is 0 Å². The van der Waals surface area contributed by atoms with E-state index < -0.39 is 11.2 Å². The van der Waals surface area contributed by atoms with E-state index in [9.17, 15) is 5.11 Å². The molecule has 0 radical (unpaired) electrons. The minimum Gasteiger partial charge on any atom is -0.455 e. The molecule has 0 aliphatic heterocycles. The van der Waals surface area contributed by atoms with Crippen LogP contribution in [0.3, 0.4) is 0 Å². The van der Waals surface area contributed by atoms with E-state index in [1.165, 1.54) is 16.2 Å². The average molecular weight is 600 g/mol. The van der Waals surface area contributed by atoms with Crippen molar-refractivity contribution in [3.63, 3.8) is 0 Å². The first-order valence-electron chi connectivity index (χ1n) is 12.5. The minimum atomic E-state index is -0.947. The largest absolute Gasteiger partial charge is 0.455 e. The van der Waals surface area contributed by atoms with Gasteiger partial charge in [-0.1, -0.05) is 60.7 Å². The molecule has 1 N–H and O–H groups in total. The van der Waals surface area contributed by atoms with Gasteiger partial charge in [0.25, 0.3) is 0 Å². The molecule has 6 aromatic rings. The highest BCUT2D eigenvalue weighted by atomic mass is 127. The summed E-state index contributed by atoms with van der Waals surface area (Å²) in [5, 5.41) is 17.5. The third kappa shape index (κ3) is 4.31. The number of halogens is 1. The van der Waals surface area contributed by atoms with Gasteiger partial charge >= 0.3 is 0 Å². The Balaban J connectivity index is 1.36. The Bertz CT molecular complexity index is 1770. The molecule has 4 heteroatoms. The Morgan fingerprint density at radius 2 is 1.38 bits per heavy atom. The van der Waals surface area contributed by atoms with Crippen molar-refractivity contribution < 1.29 is 14.3 Å². The summed E-state index contributed by atoms with van der Waals surface area (Å²) in [6.07, 6.45) is 0. The van der Waals surface area contributed by atoms with E-state index in [1.807, 2.05) is 13.8 Å². The van der Waals surface area contributed by atoms with Crippen LogP contribution in [0.15, 0.2) is 95.4 Å². The van der Waals surface area contributed by atoms with Gasteiger partial charge < -0.3 is 14.3 Å². The lowest BCUT2D eigenvalue weighted by Gasteiger charge is -2.38. The summed E-state index contributed by atoms with van der Waals surface area (Å²) in [6, 6.07) is 32.2. The molecule has 0 spiro atoms. The van der Waals surface area contributed by atoms with Crippen LogP contribution in [0.4, 0.5) is 0 Å². The predicted molar refractivity (Wildman–Crippen MR) is 162 cm³/mol. The van der Waals surface area contributed by atoms with E-state index in [4.69, 9.17) is 9.15 Å². The quantitative estimate of drug-likeness (QED) is 0.122. The fraction of sp³-hybridized carbons (Fsp3) is 0.212. The van der Waals surface area contributed by atoms with Gasteiger partial charge in [-0.3, -0.25) is 0 Å². The van der Waals surface area contributed by atoms with Crippen LogP contribution in [0.2, 0.25) is 0 Å². The summed E-state index contributed by atoms with van der Waals surface area (Å²) in [5.41, 5.74) is 3.55. The van der Waals surface area contributed by atoms with E-state index in [-0.39, 0.29) is 4.11 Å². The third-order valence-electron chi connectivity index (χ3n) is 7.70. The molecule has 0 fully saturated rings. The molecule has 1 aromatic heterocycles. The van der Waals surface area contributed by atoms with Crippen molar-refractivity contribution >= 4 is 66.1 Å². The Kier molecular flexibility index (Phi) is 5.82. The summed E-state index contributed by atoms with van der Waals surface area (Å²) < 4.78 is 12.4. The molecule has 0 amide bonds. The number of benzene rings is 5. The topological polar surface area (TPSA) is 42.6 Å². The van der Waals surface area contributed by atoms with Crippen molar-refractivity contribution in [1.29, 1.82) is 0 Å². The van der Waals surface area contributed by atoms with Crippen LogP contribution in [-0.4, -0.2) is 16.3 Å². The zero-order valence-electron chi connectivity index (χ0n) is 21.4. The molecule has 0 aliphatic rings. The zero-order valence-corrected chi connectivity index (χ0v) is 23.5. The molecule has 6 rings (SSSR count). The van der Waals surface area contributed by atoms with Crippen LogP contribution in [0.1, 0.15) is 37.4 Å². The fourth-order valence-corrected chi connectivity index (χ4v) is 5.78. The Hall–Kier alpha value is -2.93. The Labute approximate surface area is 230 Å². The molecule has 5 aromatic carbocycles. The van der Waals surface area contributed by atoms with E-state index in [0.29, 0.717) is 0 Å². The molecule has 0 unspecified atom stereocenters. The molecule has 0 bridgehead atoms. The van der Waals surface area contributed by atoms with Crippen LogP contribution in [0.5, 0.6) is 0 Å². The number of rotatable bonds is 5. The van der Waals surface area contributed by atoms with Gasteiger partial charge in [0, 0.05) is 16.2 Å². The molecule has 1 heterocycles. The SMILES string of the molecule is CC(C)(O)C(C)(C)O[C@H](I)c1ccc(-c2ccc3oc4c5cc6ccccc6cc5ccc4c3c2)cc1. The van der Waals surface area contributed by atoms with Gasteiger partial charge in [-0.25, -0.2) is 0 Å². The summed E-state index contributed by atoms with van der Waals surface area (Å²) in [5.74, 6) is 0. The van der Waals surface area contributed by atoms with Crippen molar-refractivity contribution in [3.8, 4) is 11.1 Å². The first kappa shape index (κ1) is 24.4. The number of hydrogen-bond donors (Lipinski definition) is 1. The van der Waals surface area contributed by atoms with E-state index >= 15 is 0 Å². The second kappa shape index (κ2) is 8.83. The van der Waals surface area contributed by atoms with Crippen LogP contribution in [0.25, 0.3) is 54.6 Å². The Morgan fingerprint density at radius 1 is 0.703 bits per heavy atom. The lowest BCUT2D eigenvalue weighted by Crippen LogP contribution is -2.47. The maximum atomic E-state index is 10.4. The number of aliphatic hydroxyl groups is 1. The predicted octanol–water partition coefficient (Wildman–Crippen LogP) is 9.56. The van der Waals surface area contributed by atoms with Gasteiger partial charge in [-0.15, -0.1) is 0 Å². The number of furan rings is 1. The highest BCUT2D eigenvalue weighted by molar-refractivity contribution is 14.1. The third-order valence-corrected chi connectivity index (χ3v) is 8.67. The molecule has 0 saturated heterocycles. The van der Waals surface area contributed by atoms with Crippen LogP contribution in [0, 0.1) is 0 Å². The molecule has 186 valence electrons. The van der Waals surface area contributed by atoms with E-state index in [2.05, 4.69) is 114 Å². The number of alkyl halides is 1. The molecule has 3 nitrogen and oxygen atoms in total. The van der Waals surface area contributed by atoms with Gasteiger partial charge in [0.15, 0.2) is 0 Å². The highest BCUT2D eigenvalue weighted by Gasteiger charge is 2.38. The molecule has 0 saturated carbocycles. The lowest BCUT2D eigenvalue weighted by molar-refractivity contribution is -0.152. The van der Waals surface area contributed by atoms with Crippen molar-refractivity contribution in [2.45, 2.75) is 43.0 Å². The van der Waals surface area contributed by atoms with Crippen molar-refractivity contribution in [3.05, 3.63) is 96.6 Å². The maximum absolute atomic E-state index is 10.4. The molecular weight excluding hydrogens is 571 g/mol. The number of fused-ring (bicyclic) bond motifs is 6. The zero-order chi connectivity index (χ0) is 25.9. The van der Waals surface area contributed by atoms with Crippen molar-refractivity contribution in [1.82, 2.24) is 0 Å². The summed E-state index contributed by atoms with van der Waals surface area (Å²) in [7, 11) is 0. The smallest absolute Gasteiger partial charge is 0.143 e. The minimum absolute atomic E-state index is 0.169. The van der Waals surface area contributed by atoms with Crippen LogP contribution in [-0.2, 0) is 4.74 Å².